The van der Waals surface area contributed by atoms with Gasteiger partial charge in [0.05, 0.1) is 35.4 Å². The first-order valence-corrected chi connectivity index (χ1v) is 8.44. The number of nitrogens with two attached hydrogens (primary N) is 1. The normalized spacial score (nSPS) is 15.0. The SMILES string of the molecule is NCCSCC(=O)Nc1cccc(Cl)c1N1CCOCC1. The fraction of sp³-hybridized carbons (Fsp3) is 0.500. The lowest BCUT2D eigenvalue weighted by Crippen LogP contribution is -2.37. The third kappa shape index (κ3) is 4.78. The fourth-order valence-corrected chi connectivity index (χ4v) is 3.02. The Morgan fingerprint density at radius 1 is 1.43 bits per heavy atom. The van der Waals surface area contributed by atoms with E-state index in [9.17, 15) is 4.79 Å². The molecule has 116 valence electrons. The number of anilines is 2. The van der Waals surface area contributed by atoms with E-state index in [1.54, 1.807) is 0 Å². The van der Waals surface area contributed by atoms with Crippen molar-refractivity contribution in [2.45, 2.75) is 0 Å². The summed E-state index contributed by atoms with van der Waals surface area (Å²) in [4.78, 5) is 14.1. The zero-order chi connectivity index (χ0) is 15.1. The van der Waals surface area contributed by atoms with Gasteiger partial charge in [-0.1, -0.05) is 17.7 Å². The minimum atomic E-state index is -0.0368. The van der Waals surface area contributed by atoms with Gasteiger partial charge in [-0.05, 0) is 12.1 Å². The number of carbonyl (C=O) groups excluding carboxylic acids is 1. The highest BCUT2D eigenvalue weighted by Crippen LogP contribution is 2.34. The van der Waals surface area contributed by atoms with E-state index in [1.807, 2.05) is 18.2 Å². The first-order chi connectivity index (χ1) is 10.2. The van der Waals surface area contributed by atoms with E-state index in [-0.39, 0.29) is 5.91 Å². The molecule has 1 aromatic rings. The second-order valence-corrected chi connectivity index (χ2v) is 6.14. The quantitative estimate of drug-likeness (QED) is 0.779. The number of carbonyl (C=O) groups is 1. The molecule has 2 rings (SSSR count). The van der Waals surface area contributed by atoms with E-state index in [4.69, 9.17) is 22.1 Å². The molecule has 3 N–H and O–H groups in total. The molecular weight excluding hydrogens is 310 g/mol. The summed E-state index contributed by atoms with van der Waals surface area (Å²) in [6.45, 7) is 3.47. The van der Waals surface area contributed by atoms with Gasteiger partial charge in [0.25, 0.3) is 0 Å². The van der Waals surface area contributed by atoms with Crippen LogP contribution in [0.2, 0.25) is 5.02 Å². The maximum absolute atomic E-state index is 12.0. The maximum Gasteiger partial charge on any atom is 0.234 e. The van der Waals surface area contributed by atoms with Crippen molar-refractivity contribution in [3.63, 3.8) is 0 Å². The molecule has 0 saturated carbocycles. The molecule has 1 aromatic carbocycles. The second-order valence-electron chi connectivity index (χ2n) is 4.62. The lowest BCUT2D eigenvalue weighted by molar-refractivity contribution is -0.113. The molecule has 0 atom stereocenters. The van der Waals surface area contributed by atoms with Crippen LogP contribution in [0.1, 0.15) is 0 Å². The van der Waals surface area contributed by atoms with Crippen molar-refractivity contribution in [1.82, 2.24) is 0 Å². The Labute approximate surface area is 134 Å². The van der Waals surface area contributed by atoms with Crippen molar-refractivity contribution >= 4 is 40.6 Å². The minimum Gasteiger partial charge on any atom is -0.378 e. The van der Waals surface area contributed by atoms with Crippen molar-refractivity contribution in [2.75, 3.05) is 54.6 Å². The van der Waals surface area contributed by atoms with Crippen LogP contribution >= 0.6 is 23.4 Å². The fourth-order valence-electron chi connectivity index (χ4n) is 2.16. The van der Waals surface area contributed by atoms with E-state index < -0.39 is 0 Å². The molecule has 1 fully saturated rings. The molecule has 1 heterocycles. The minimum absolute atomic E-state index is 0.0368. The highest BCUT2D eigenvalue weighted by atomic mass is 35.5. The molecule has 1 aliphatic rings. The van der Waals surface area contributed by atoms with Crippen LogP contribution in [-0.4, -0.2) is 50.3 Å². The molecule has 0 radical (unpaired) electrons. The summed E-state index contributed by atoms with van der Waals surface area (Å²) in [6.07, 6.45) is 0. The predicted octanol–water partition coefficient (Wildman–Crippen LogP) is 1.81. The molecule has 0 aliphatic carbocycles. The van der Waals surface area contributed by atoms with Gasteiger partial charge in [-0.3, -0.25) is 4.79 Å². The number of para-hydroxylation sites is 1. The summed E-state index contributed by atoms with van der Waals surface area (Å²) in [5, 5.41) is 3.58. The van der Waals surface area contributed by atoms with Gasteiger partial charge >= 0.3 is 0 Å². The van der Waals surface area contributed by atoms with Gasteiger partial charge in [0.1, 0.15) is 0 Å². The van der Waals surface area contributed by atoms with Crippen LogP contribution in [0.5, 0.6) is 0 Å². The Morgan fingerprint density at radius 2 is 2.19 bits per heavy atom. The smallest absolute Gasteiger partial charge is 0.234 e. The highest BCUT2D eigenvalue weighted by Gasteiger charge is 2.18. The monoisotopic (exact) mass is 329 g/mol. The Kier molecular flexibility index (Phi) is 6.63. The van der Waals surface area contributed by atoms with Crippen LogP contribution in [0.15, 0.2) is 18.2 Å². The van der Waals surface area contributed by atoms with Crippen molar-refractivity contribution in [2.24, 2.45) is 5.73 Å². The van der Waals surface area contributed by atoms with Gasteiger partial charge in [0.2, 0.25) is 5.91 Å². The molecule has 0 unspecified atom stereocenters. The van der Waals surface area contributed by atoms with Gasteiger partial charge in [-0.25, -0.2) is 0 Å². The molecule has 0 aromatic heterocycles. The van der Waals surface area contributed by atoms with Gasteiger partial charge in [0.15, 0.2) is 0 Å². The van der Waals surface area contributed by atoms with Crippen LogP contribution in [0, 0.1) is 0 Å². The number of benzene rings is 1. The number of nitrogens with one attached hydrogen (secondary N) is 1. The molecule has 1 amide bonds. The van der Waals surface area contributed by atoms with Gasteiger partial charge in [-0.2, -0.15) is 11.8 Å². The summed E-state index contributed by atoms with van der Waals surface area (Å²) in [7, 11) is 0. The Balaban J connectivity index is 2.07. The third-order valence-electron chi connectivity index (χ3n) is 3.08. The van der Waals surface area contributed by atoms with Crippen LogP contribution in [0.4, 0.5) is 11.4 Å². The van der Waals surface area contributed by atoms with Crippen LogP contribution < -0.4 is 16.0 Å². The zero-order valence-corrected chi connectivity index (χ0v) is 13.4. The van der Waals surface area contributed by atoms with Crippen molar-refractivity contribution in [1.29, 1.82) is 0 Å². The van der Waals surface area contributed by atoms with Gasteiger partial charge < -0.3 is 20.7 Å². The number of rotatable bonds is 6. The number of amides is 1. The predicted molar refractivity (Wildman–Crippen MR) is 89.5 cm³/mol. The molecule has 1 saturated heterocycles. The summed E-state index contributed by atoms with van der Waals surface area (Å²) < 4.78 is 5.36. The number of ether oxygens (including phenoxy) is 1. The van der Waals surface area contributed by atoms with Crippen LogP contribution in [-0.2, 0) is 9.53 Å². The molecule has 7 heteroatoms. The standard InChI is InChI=1S/C14H20ClN3O2S/c15-11-2-1-3-12(17-13(19)10-21-9-4-16)14(11)18-5-7-20-8-6-18/h1-3H,4-10,16H2,(H,17,19). The first-order valence-electron chi connectivity index (χ1n) is 6.91. The van der Waals surface area contributed by atoms with Crippen molar-refractivity contribution in [3.05, 3.63) is 23.2 Å². The topological polar surface area (TPSA) is 67.6 Å². The molecule has 0 bridgehead atoms. The summed E-state index contributed by atoms with van der Waals surface area (Å²) in [5.41, 5.74) is 7.05. The van der Waals surface area contributed by atoms with Crippen LogP contribution in [0.25, 0.3) is 0 Å². The Bertz CT molecular complexity index is 481. The van der Waals surface area contributed by atoms with Crippen molar-refractivity contribution < 1.29 is 9.53 Å². The zero-order valence-electron chi connectivity index (χ0n) is 11.8. The number of halogens is 1. The van der Waals surface area contributed by atoms with E-state index in [2.05, 4.69) is 10.2 Å². The summed E-state index contributed by atoms with van der Waals surface area (Å²) in [6, 6.07) is 5.56. The average molecular weight is 330 g/mol. The van der Waals surface area contributed by atoms with E-state index in [0.29, 0.717) is 30.5 Å². The number of thioether (sulfide) groups is 1. The molecule has 1 aliphatic heterocycles. The molecular formula is C14H20ClN3O2S. The first kappa shape index (κ1) is 16.4. The number of hydrogen-bond acceptors (Lipinski definition) is 5. The lowest BCUT2D eigenvalue weighted by Gasteiger charge is -2.31. The molecule has 5 nitrogen and oxygen atoms in total. The third-order valence-corrected chi connectivity index (χ3v) is 4.38. The van der Waals surface area contributed by atoms with E-state index in [0.717, 1.165) is 30.2 Å². The highest BCUT2D eigenvalue weighted by molar-refractivity contribution is 7.99. The summed E-state index contributed by atoms with van der Waals surface area (Å²) >= 11 is 7.84. The Morgan fingerprint density at radius 3 is 2.90 bits per heavy atom. The van der Waals surface area contributed by atoms with E-state index >= 15 is 0 Å². The average Bonchev–Trinajstić information content (AvgIpc) is 2.48. The molecule has 21 heavy (non-hydrogen) atoms. The Hall–Kier alpha value is -0.950. The van der Waals surface area contributed by atoms with Gasteiger partial charge in [0, 0.05) is 25.4 Å². The number of morpholine rings is 1. The summed E-state index contributed by atoms with van der Waals surface area (Å²) in [5.74, 6) is 1.14. The number of hydrogen-bond donors (Lipinski definition) is 2. The lowest BCUT2D eigenvalue weighted by atomic mass is 10.2. The number of nitrogens with zero attached hydrogens (tertiary/aromatic N) is 1. The second kappa shape index (κ2) is 8.48. The van der Waals surface area contributed by atoms with Crippen molar-refractivity contribution in [3.8, 4) is 0 Å². The molecule has 0 spiro atoms. The van der Waals surface area contributed by atoms with E-state index in [1.165, 1.54) is 11.8 Å². The maximum atomic E-state index is 12.0. The van der Waals surface area contributed by atoms with Crippen LogP contribution in [0.3, 0.4) is 0 Å². The van der Waals surface area contributed by atoms with Gasteiger partial charge in [-0.15, -0.1) is 0 Å². The largest absolute Gasteiger partial charge is 0.378 e.